The van der Waals surface area contributed by atoms with Crippen LogP contribution in [-0.4, -0.2) is 77.6 Å². The molecule has 1 amide bonds. The fraction of sp³-hybridized carbons (Fsp3) is 0.412. The Morgan fingerprint density at radius 1 is 1.36 bits per heavy atom. The Morgan fingerprint density at radius 3 is 2.81 bits per heavy atom. The molecule has 244 valence electrons. The van der Waals surface area contributed by atoms with Gasteiger partial charge in [-0.25, -0.2) is 8.78 Å². The maximum absolute atomic E-state index is 17.0. The number of anilines is 2. The second-order valence-corrected chi connectivity index (χ2v) is 14.5. The van der Waals surface area contributed by atoms with Crippen LogP contribution in [0.3, 0.4) is 0 Å². The summed E-state index contributed by atoms with van der Waals surface area (Å²) in [7, 11) is 3.94. The molecular weight excluding hydrogens is 644 g/mol. The van der Waals surface area contributed by atoms with E-state index in [2.05, 4.69) is 23.5 Å². The van der Waals surface area contributed by atoms with Crippen LogP contribution in [0, 0.1) is 28.4 Å². The number of nitrogen functional groups attached to an aromatic ring is 1. The summed E-state index contributed by atoms with van der Waals surface area (Å²) in [6.45, 7) is 7.50. The van der Waals surface area contributed by atoms with Crippen molar-refractivity contribution in [3.63, 3.8) is 0 Å². The van der Waals surface area contributed by atoms with Crippen molar-refractivity contribution in [3.05, 3.63) is 53.1 Å². The number of ether oxygens (including phenoxy) is 1. The van der Waals surface area contributed by atoms with Crippen LogP contribution in [0.15, 0.2) is 30.9 Å². The third-order valence-electron chi connectivity index (χ3n) is 10.3. The van der Waals surface area contributed by atoms with Gasteiger partial charge in [0.05, 0.1) is 21.3 Å². The lowest BCUT2D eigenvalue weighted by molar-refractivity contribution is -0.126. The van der Waals surface area contributed by atoms with E-state index in [9.17, 15) is 14.4 Å². The average Bonchev–Trinajstić information content (AvgIpc) is 3.37. The molecule has 3 fully saturated rings. The number of benzene rings is 2. The van der Waals surface area contributed by atoms with Crippen molar-refractivity contribution < 1.29 is 18.3 Å². The standard InChI is InChI=1S/C34H34ClF2N7O2S/c1-5-25(45)44-11-8-24(17(44)2)43(4)32-20-12-22(35)27(19-6-7-23(36)30-26(19)21(14-38)31(39)47-30)28(37)29(20)40-33(41-32)46-15-18-13-34(9-10-34)16-42(18)3/h5-7,12,17-18,24H,1,8-11,13,15-16,39H2,2-4H3/t17-,18-,24+/m0/s1. The fourth-order valence-electron chi connectivity index (χ4n) is 7.55. The summed E-state index contributed by atoms with van der Waals surface area (Å²) < 4.78 is 38.2. The molecule has 1 aliphatic carbocycles. The van der Waals surface area contributed by atoms with Gasteiger partial charge < -0.3 is 20.3 Å². The van der Waals surface area contributed by atoms with E-state index in [-0.39, 0.29) is 72.4 Å². The molecule has 4 heterocycles. The molecule has 47 heavy (non-hydrogen) atoms. The summed E-state index contributed by atoms with van der Waals surface area (Å²) in [4.78, 5) is 27.9. The van der Waals surface area contributed by atoms with E-state index in [1.54, 1.807) is 11.0 Å². The monoisotopic (exact) mass is 677 g/mol. The molecule has 3 aliphatic rings. The van der Waals surface area contributed by atoms with Crippen LogP contribution in [0.5, 0.6) is 6.01 Å². The number of likely N-dealkylation sites (N-methyl/N-ethyl adjacent to an activating group) is 2. The molecule has 4 aromatic rings. The van der Waals surface area contributed by atoms with Crippen LogP contribution in [0.25, 0.3) is 32.1 Å². The number of thiophene rings is 1. The number of hydrogen-bond acceptors (Lipinski definition) is 9. The number of nitriles is 1. The van der Waals surface area contributed by atoms with E-state index >= 15 is 4.39 Å². The Hall–Kier alpha value is -4.05. The molecule has 1 spiro atoms. The predicted molar refractivity (Wildman–Crippen MR) is 181 cm³/mol. The molecule has 3 atom stereocenters. The highest BCUT2D eigenvalue weighted by molar-refractivity contribution is 7.23. The number of amides is 1. The summed E-state index contributed by atoms with van der Waals surface area (Å²) in [5.74, 6) is -1.08. The number of nitrogens with two attached hydrogens (primary N) is 1. The molecule has 0 radical (unpaired) electrons. The molecule has 2 N–H and O–H groups in total. The summed E-state index contributed by atoms with van der Waals surface area (Å²) >= 11 is 7.78. The molecule has 13 heteroatoms. The van der Waals surface area contributed by atoms with Gasteiger partial charge in [0.25, 0.3) is 0 Å². The van der Waals surface area contributed by atoms with Crippen LogP contribution >= 0.6 is 22.9 Å². The zero-order chi connectivity index (χ0) is 33.4. The Kier molecular flexibility index (Phi) is 7.77. The number of hydrogen-bond donors (Lipinski definition) is 1. The minimum absolute atomic E-state index is 0.0167. The third-order valence-corrected chi connectivity index (χ3v) is 11.6. The normalized spacial score (nSPS) is 21.9. The maximum Gasteiger partial charge on any atom is 0.319 e. The van der Waals surface area contributed by atoms with Crippen LogP contribution < -0.4 is 15.4 Å². The molecule has 1 saturated carbocycles. The number of likely N-dealkylation sites (tertiary alicyclic amines) is 2. The average molecular weight is 678 g/mol. The van der Waals surface area contributed by atoms with Crippen LogP contribution in [0.4, 0.5) is 19.6 Å². The van der Waals surface area contributed by atoms with E-state index < -0.39 is 11.6 Å². The number of halogens is 3. The maximum atomic E-state index is 17.0. The van der Waals surface area contributed by atoms with E-state index in [1.165, 1.54) is 31.1 Å². The number of fused-ring (bicyclic) bond motifs is 2. The van der Waals surface area contributed by atoms with E-state index in [1.807, 2.05) is 24.9 Å². The van der Waals surface area contributed by atoms with Crippen LogP contribution in [0.1, 0.15) is 38.2 Å². The van der Waals surface area contributed by atoms with Crippen LogP contribution in [0.2, 0.25) is 5.02 Å². The van der Waals surface area contributed by atoms with Gasteiger partial charge in [-0.15, -0.1) is 11.3 Å². The first-order chi connectivity index (χ1) is 22.5. The smallest absolute Gasteiger partial charge is 0.319 e. The zero-order valence-corrected chi connectivity index (χ0v) is 27.9. The first kappa shape index (κ1) is 31.5. The zero-order valence-electron chi connectivity index (χ0n) is 26.3. The Morgan fingerprint density at radius 2 is 2.13 bits per heavy atom. The van der Waals surface area contributed by atoms with Crippen molar-refractivity contribution in [2.75, 3.05) is 44.4 Å². The molecule has 0 bridgehead atoms. The van der Waals surface area contributed by atoms with Gasteiger partial charge in [-0.05, 0) is 68.8 Å². The summed E-state index contributed by atoms with van der Waals surface area (Å²) in [6, 6.07) is 6.12. The third kappa shape index (κ3) is 5.16. The van der Waals surface area contributed by atoms with Gasteiger partial charge in [-0.1, -0.05) is 24.2 Å². The van der Waals surface area contributed by atoms with E-state index in [0.29, 0.717) is 36.2 Å². The van der Waals surface area contributed by atoms with Gasteiger partial charge in [-0.2, -0.15) is 15.2 Å². The molecule has 2 aromatic carbocycles. The summed E-state index contributed by atoms with van der Waals surface area (Å²) in [5, 5.41) is 10.6. The van der Waals surface area contributed by atoms with Gasteiger partial charge in [0.2, 0.25) is 5.91 Å². The van der Waals surface area contributed by atoms with E-state index in [4.69, 9.17) is 27.1 Å². The van der Waals surface area contributed by atoms with Gasteiger partial charge in [-0.3, -0.25) is 9.69 Å². The molecule has 0 unspecified atom stereocenters. The molecule has 2 aliphatic heterocycles. The van der Waals surface area contributed by atoms with Gasteiger partial charge in [0, 0.05) is 48.6 Å². The van der Waals surface area contributed by atoms with Gasteiger partial charge in [0.15, 0.2) is 5.82 Å². The lowest BCUT2D eigenvalue weighted by atomic mass is 9.97. The molecule has 7 rings (SSSR count). The van der Waals surface area contributed by atoms with Crippen molar-refractivity contribution in [2.45, 2.75) is 50.7 Å². The largest absolute Gasteiger partial charge is 0.462 e. The quantitative estimate of drug-likeness (QED) is 0.225. The van der Waals surface area contributed by atoms with Gasteiger partial charge in [0.1, 0.15) is 34.8 Å². The molecular formula is C34H34ClF2N7O2S. The fourth-order valence-corrected chi connectivity index (χ4v) is 8.79. The molecule has 2 saturated heterocycles. The lowest BCUT2D eigenvalue weighted by Crippen LogP contribution is -2.43. The number of aromatic nitrogens is 2. The first-order valence-corrected chi connectivity index (χ1v) is 16.8. The number of nitrogens with zero attached hydrogens (tertiary/aromatic N) is 6. The Bertz CT molecular complexity index is 2010. The first-order valence-electron chi connectivity index (χ1n) is 15.6. The lowest BCUT2D eigenvalue weighted by Gasteiger charge is -2.32. The minimum atomic E-state index is -0.756. The number of carbonyl (C=O) groups excluding carboxylic acids is 1. The number of rotatable bonds is 7. The second-order valence-electron chi connectivity index (χ2n) is 13.1. The van der Waals surface area contributed by atoms with Crippen molar-refractivity contribution >= 4 is 60.7 Å². The minimum Gasteiger partial charge on any atom is -0.462 e. The van der Waals surface area contributed by atoms with Crippen molar-refractivity contribution in [1.82, 2.24) is 19.8 Å². The highest BCUT2D eigenvalue weighted by atomic mass is 35.5. The van der Waals surface area contributed by atoms with Crippen molar-refractivity contribution in [1.29, 1.82) is 5.26 Å². The Labute approximate surface area is 280 Å². The molecule has 2 aromatic heterocycles. The number of carbonyl (C=O) groups is 1. The predicted octanol–water partition coefficient (Wildman–Crippen LogP) is 6.37. The summed E-state index contributed by atoms with van der Waals surface area (Å²) in [6.07, 6.45) is 5.42. The van der Waals surface area contributed by atoms with Crippen molar-refractivity contribution in [3.8, 4) is 23.2 Å². The van der Waals surface area contributed by atoms with Crippen molar-refractivity contribution in [2.24, 2.45) is 5.41 Å². The topological polar surface area (TPSA) is 112 Å². The van der Waals surface area contributed by atoms with E-state index in [0.717, 1.165) is 24.3 Å². The Balaban J connectivity index is 1.36. The SMILES string of the molecule is C=CC(=O)N1CC[C@@H](N(C)c2nc(OC[C@@H]3CC4(CC4)CN3C)nc3c(F)c(-c4ccc(F)c5sc(N)c(C#N)c45)c(Cl)cc23)[C@@H]1C. The van der Waals surface area contributed by atoms with Gasteiger partial charge >= 0.3 is 6.01 Å². The highest BCUT2D eigenvalue weighted by Crippen LogP contribution is 2.54. The summed E-state index contributed by atoms with van der Waals surface area (Å²) in [5.41, 5.74) is 6.68. The molecule has 9 nitrogen and oxygen atoms in total. The van der Waals surface area contributed by atoms with Crippen LogP contribution in [-0.2, 0) is 4.79 Å². The second kappa shape index (κ2) is 11.6. The highest BCUT2D eigenvalue weighted by Gasteiger charge is 2.51.